The molecule has 1 aliphatic heterocycles. The molecule has 16 heavy (non-hydrogen) atoms. The van der Waals surface area contributed by atoms with Gasteiger partial charge in [0.1, 0.15) is 12.3 Å². The highest BCUT2D eigenvalue weighted by Gasteiger charge is 2.27. The maximum atomic E-state index is 13.1. The van der Waals surface area contributed by atoms with E-state index in [1.165, 1.54) is 0 Å². The molecule has 1 aliphatic rings. The van der Waals surface area contributed by atoms with E-state index in [9.17, 15) is 9.50 Å². The van der Waals surface area contributed by atoms with Crippen LogP contribution in [0.25, 0.3) is 0 Å². The molecule has 1 aromatic heterocycles. The molecular formula is C12H17FN2O. The molecule has 1 saturated heterocycles. The fourth-order valence-corrected chi connectivity index (χ4v) is 1.95. The Bertz CT molecular complexity index is 341. The Hall–Kier alpha value is -1.16. The summed E-state index contributed by atoms with van der Waals surface area (Å²) in [7, 11) is 0. The molecule has 0 aromatic carbocycles. The number of rotatable bonds is 2. The Morgan fingerprint density at radius 3 is 2.94 bits per heavy atom. The van der Waals surface area contributed by atoms with Crippen molar-refractivity contribution >= 4 is 5.69 Å². The van der Waals surface area contributed by atoms with Crippen molar-refractivity contribution in [3.63, 3.8) is 0 Å². The first kappa shape index (κ1) is 11.3. The smallest absolute Gasteiger partial charge is 0.129 e. The van der Waals surface area contributed by atoms with E-state index in [4.69, 9.17) is 0 Å². The monoisotopic (exact) mass is 224 g/mol. The molecule has 0 amide bonds. The average molecular weight is 224 g/mol. The van der Waals surface area contributed by atoms with Gasteiger partial charge >= 0.3 is 0 Å². The minimum absolute atomic E-state index is 0.355. The first-order valence-corrected chi connectivity index (χ1v) is 5.72. The van der Waals surface area contributed by atoms with E-state index in [1.54, 1.807) is 6.20 Å². The lowest BCUT2D eigenvalue weighted by Gasteiger charge is -2.33. The number of piperidine rings is 1. The quantitative estimate of drug-likeness (QED) is 0.828. The van der Waals surface area contributed by atoms with E-state index in [-0.39, 0.29) is 0 Å². The number of hydrogen-bond acceptors (Lipinski definition) is 3. The van der Waals surface area contributed by atoms with Crippen molar-refractivity contribution in [3.8, 4) is 0 Å². The first-order chi connectivity index (χ1) is 7.70. The molecule has 1 fully saturated rings. The maximum absolute atomic E-state index is 13.1. The topological polar surface area (TPSA) is 36.4 Å². The number of hydrogen-bond donors (Lipinski definition) is 1. The maximum Gasteiger partial charge on any atom is 0.129 e. The summed E-state index contributed by atoms with van der Waals surface area (Å²) in [6, 6.07) is 3.96. The van der Waals surface area contributed by atoms with E-state index in [2.05, 4.69) is 11.9 Å². The van der Waals surface area contributed by atoms with Crippen LogP contribution in [0.3, 0.4) is 0 Å². The summed E-state index contributed by atoms with van der Waals surface area (Å²) in [5, 5.41) is 9.47. The molecule has 2 unspecified atom stereocenters. The number of aromatic nitrogens is 1. The van der Waals surface area contributed by atoms with E-state index in [0.717, 1.165) is 17.8 Å². The Balaban J connectivity index is 2.06. The second-order valence-electron chi connectivity index (χ2n) is 4.18. The minimum Gasteiger partial charge on any atom is -0.388 e. The predicted molar refractivity (Wildman–Crippen MR) is 61.3 cm³/mol. The van der Waals surface area contributed by atoms with Gasteiger partial charge in [0.25, 0.3) is 0 Å². The first-order valence-electron chi connectivity index (χ1n) is 5.72. The highest BCUT2D eigenvalue weighted by atomic mass is 19.1. The fraction of sp³-hybridized carbons (Fsp3) is 0.583. The summed E-state index contributed by atoms with van der Waals surface area (Å²) < 4.78 is 13.1. The summed E-state index contributed by atoms with van der Waals surface area (Å²) in [6.45, 7) is 3.06. The second-order valence-corrected chi connectivity index (χ2v) is 4.18. The van der Waals surface area contributed by atoms with Crippen molar-refractivity contribution < 1.29 is 9.50 Å². The molecule has 1 aromatic rings. The van der Waals surface area contributed by atoms with Crippen LogP contribution in [0, 0.1) is 0 Å². The summed E-state index contributed by atoms with van der Waals surface area (Å²) in [5.74, 6) is 0. The van der Waals surface area contributed by atoms with Crippen molar-refractivity contribution in [2.24, 2.45) is 0 Å². The SMILES string of the molecule is CCc1ccc(N2CCC(F)C(O)C2)cn1. The lowest BCUT2D eigenvalue weighted by atomic mass is 10.1. The summed E-state index contributed by atoms with van der Waals surface area (Å²) >= 11 is 0. The largest absolute Gasteiger partial charge is 0.388 e. The van der Waals surface area contributed by atoms with Gasteiger partial charge in [-0.2, -0.15) is 0 Å². The van der Waals surface area contributed by atoms with Crippen LogP contribution < -0.4 is 4.90 Å². The predicted octanol–water partition coefficient (Wildman–Crippen LogP) is 1.55. The van der Waals surface area contributed by atoms with Crippen LogP contribution in [0.5, 0.6) is 0 Å². The molecule has 2 heterocycles. The average Bonchev–Trinajstić information content (AvgIpc) is 2.33. The van der Waals surface area contributed by atoms with Crippen molar-refractivity contribution in [2.45, 2.75) is 32.0 Å². The van der Waals surface area contributed by atoms with Gasteiger partial charge in [-0.05, 0) is 25.0 Å². The number of aryl methyl sites for hydroxylation is 1. The number of alkyl halides is 1. The Labute approximate surface area is 94.9 Å². The van der Waals surface area contributed by atoms with Gasteiger partial charge in [-0.15, -0.1) is 0 Å². The zero-order valence-corrected chi connectivity index (χ0v) is 9.43. The van der Waals surface area contributed by atoms with Crippen LogP contribution in [0.15, 0.2) is 18.3 Å². The third-order valence-electron chi connectivity index (χ3n) is 3.04. The highest BCUT2D eigenvalue weighted by molar-refractivity contribution is 5.45. The normalized spacial score (nSPS) is 25.8. The van der Waals surface area contributed by atoms with Crippen LogP contribution in [0.1, 0.15) is 19.0 Å². The van der Waals surface area contributed by atoms with E-state index in [1.807, 2.05) is 17.0 Å². The molecular weight excluding hydrogens is 207 g/mol. The van der Waals surface area contributed by atoms with E-state index in [0.29, 0.717) is 19.5 Å². The van der Waals surface area contributed by atoms with Crippen molar-refractivity contribution in [3.05, 3.63) is 24.0 Å². The third kappa shape index (κ3) is 2.32. The molecule has 4 heteroatoms. The summed E-state index contributed by atoms with van der Waals surface area (Å²) in [4.78, 5) is 6.28. The number of aliphatic hydroxyl groups is 1. The minimum atomic E-state index is -1.08. The summed E-state index contributed by atoms with van der Waals surface area (Å²) in [6.07, 6.45) is 1.13. The van der Waals surface area contributed by atoms with Gasteiger partial charge in [0, 0.05) is 18.8 Å². The number of β-amino-alcohol motifs (C(OH)–C–C–N with tert-alkyl or cyclic N) is 1. The molecule has 0 saturated carbocycles. The van der Waals surface area contributed by atoms with Crippen molar-refractivity contribution in [1.82, 2.24) is 4.98 Å². The molecule has 0 spiro atoms. The fourth-order valence-electron chi connectivity index (χ4n) is 1.95. The molecule has 0 radical (unpaired) electrons. The highest BCUT2D eigenvalue weighted by Crippen LogP contribution is 2.21. The zero-order chi connectivity index (χ0) is 11.5. The van der Waals surface area contributed by atoms with Gasteiger partial charge in [0.05, 0.1) is 11.9 Å². The molecule has 3 nitrogen and oxygen atoms in total. The molecule has 88 valence electrons. The molecule has 0 bridgehead atoms. The Morgan fingerprint density at radius 2 is 2.38 bits per heavy atom. The van der Waals surface area contributed by atoms with Crippen LogP contribution in [-0.4, -0.2) is 35.5 Å². The number of pyridine rings is 1. The third-order valence-corrected chi connectivity index (χ3v) is 3.04. The second kappa shape index (κ2) is 4.78. The van der Waals surface area contributed by atoms with Gasteiger partial charge in [-0.25, -0.2) is 4.39 Å². The van der Waals surface area contributed by atoms with Crippen molar-refractivity contribution in [1.29, 1.82) is 0 Å². The number of nitrogens with zero attached hydrogens (tertiary/aromatic N) is 2. The van der Waals surface area contributed by atoms with Gasteiger partial charge in [-0.3, -0.25) is 4.98 Å². The van der Waals surface area contributed by atoms with Crippen LogP contribution >= 0.6 is 0 Å². The molecule has 0 aliphatic carbocycles. The van der Waals surface area contributed by atoms with Gasteiger partial charge in [0.2, 0.25) is 0 Å². The van der Waals surface area contributed by atoms with Crippen LogP contribution in [-0.2, 0) is 6.42 Å². The lowest BCUT2D eigenvalue weighted by Crippen LogP contribution is -2.45. The van der Waals surface area contributed by atoms with E-state index >= 15 is 0 Å². The lowest BCUT2D eigenvalue weighted by molar-refractivity contribution is 0.0645. The van der Waals surface area contributed by atoms with Crippen molar-refractivity contribution in [2.75, 3.05) is 18.0 Å². The number of aliphatic hydroxyl groups excluding tert-OH is 1. The molecule has 2 atom stereocenters. The molecule has 2 rings (SSSR count). The Kier molecular flexibility index (Phi) is 3.39. The number of anilines is 1. The Morgan fingerprint density at radius 1 is 1.56 bits per heavy atom. The zero-order valence-electron chi connectivity index (χ0n) is 9.43. The molecule has 1 N–H and O–H groups in total. The van der Waals surface area contributed by atoms with Crippen LogP contribution in [0.2, 0.25) is 0 Å². The standard InChI is InChI=1S/C12H17FN2O/c1-2-9-3-4-10(7-14-9)15-6-5-11(13)12(16)8-15/h3-4,7,11-12,16H,2,5-6,8H2,1H3. The van der Waals surface area contributed by atoms with Gasteiger partial charge in [-0.1, -0.05) is 6.92 Å². The van der Waals surface area contributed by atoms with Crippen LogP contribution in [0.4, 0.5) is 10.1 Å². The summed E-state index contributed by atoms with van der Waals surface area (Å²) in [5.41, 5.74) is 2.01. The number of halogens is 1. The van der Waals surface area contributed by atoms with Gasteiger partial charge < -0.3 is 10.0 Å². The van der Waals surface area contributed by atoms with Gasteiger partial charge in [0.15, 0.2) is 0 Å². The van der Waals surface area contributed by atoms with E-state index < -0.39 is 12.3 Å².